The van der Waals surface area contributed by atoms with Crippen LogP contribution in [0, 0.1) is 11.8 Å². The van der Waals surface area contributed by atoms with Gasteiger partial charge in [-0.25, -0.2) is 0 Å². The molecule has 0 radical (unpaired) electrons. The van der Waals surface area contributed by atoms with Gasteiger partial charge in [-0.15, -0.1) is 11.8 Å². The highest BCUT2D eigenvalue weighted by Gasteiger charge is 1.97. The maximum atomic E-state index is 5.76. The molecule has 0 bridgehead atoms. The number of hydrogen-bond donors (Lipinski definition) is 1. The molecule has 0 rings (SSSR count). The van der Waals surface area contributed by atoms with E-state index in [9.17, 15) is 0 Å². The second-order valence-corrected chi connectivity index (χ2v) is 2.51. The maximum Gasteiger partial charge on any atom is 0.0103 e. The van der Waals surface area contributed by atoms with Crippen LogP contribution in [0.3, 0.4) is 0 Å². The zero-order valence-electron chi connectivity index (χ0n) is 6.98. The molecule has 0 heterocycles. The Kier molecular flexibility index (Phi) is 6.32. The van der Waals surface area contributed by atoms with E-state index in [4.69, 9.17) is 5.73 Å². The highest BCUT2D eigenvalue weighted by atomic mass is 14.6. The van der Waals surface area contributed by atoms with Crippen LogP contribution in [0.5, 0.6) is 0 Å². The summed E-state index contributed by atoms with van der Waals surface area (Å²) in [5.74, 6) is 5.87. The summed E-state index contributed by atoms with van der Waals surface area (Å²) >= 11 is 0. The van der Waals surface area contributed by atoms with Crippen LogP contribution in [0.4, 0.5) is 0 Å². The fourth-order valence-corrected chi connectivity index (χ4v) is 0.898. The van der Waals surface area contributed by atoms with Crippen molar-refractivity contribution in [3.63, 3.8) is 0 Å². The Balaban J connectivity index is 3.18. The van der Waals surface area contributed by atoms with Gasteiger partial charge in [-0.05, 0) is 19.8 Å². The Morgan fingerprint density at radius 1 is 1.40 bits per heavy atom. The topological polar surface area (TPSA) is 26.0 Å². The van der Waals surface area contributed by atoms with Crippen molar-refractivity contribution in [1.82, 2.24) is 0 Å². The minimum atomic E-state index is 0.367. The zero-order valence-corrected chi connectivity index (χ0v) is 6.98. The molecule has 10 heavy (non-hydrogen) atoms. The minimum Gasteiger partial charge on any atom is -0.328 e. The fourth-order valence-electron chi connectivity index (χ4n) is 0.898. The largest absolute Gasteiger partial charge is 0.328 e. The molecule has 0 aliphatic carbocycles. The second-order valence-electron chi connectivity index (χ2n) is 2.51. The van der Waals surface area contributed by atoms with E-state index in [2.05, 4.69) is 18.8 Å². The van der Waals surface area contributed by atoms with Crippen LogP contribution in [-0.2, 0) is 0 Å². The van der Waals surface area contributed by atoms with Gasteiger partial charge in [-0.1, -0.05) is 13.3 Å². The average molecular weight is 139 g/mol. The lowest BCUT2D eigenvalue weighted by molar-refractivity contribution is 0.569. The Hall–Kier alpha value is -0.480. The monoisotopic (exact) mass is 139 g/mol. The standard InChI is InChI=1S/C9H17N/c1-3-5-6-8-9(10)7-4-2/h9H,4,6-8,10H2,1-2H3. The van der Waals surface area contributed by atoms with E-state index in [0.717, 1.165) is 19.3 Å². The summed E-state index contributed by atoms with van der Waals surface area (Å²) in [6.07, 6.45) is 4.32. The average Bonchev–Trinajstić information content (AvgIpc) is 1.89. The Labute approximate surface area is 64.0 Å². The molecule has 0 aliphatic heterocycles. The lowest BCUT2D eigenvalue weighted by Gasteiger charge is -2.05. The number of rotatable bonds is 4. The molecule has 0 aliphatic rings. The highest BCUT2D eigenvalue weighted by Crippen LogP contribution is 2.00. The van der Waals surface area contributed by atoms with Gasteiger partial charge in [0.2, 0.25) is 0 Å². The Morgan fingerprint density at radius 3 is 2.60 bits per heavy atom. The molecule has 0 aromatic heterocycles. The summed E-state index contributed by atoms with van der Waals surface area (Å²) in [7, 11) is 0. The molecule has 2 N–H and O–H groups in total. The van der Waals surface area contributed by atoms with Crippen molar-refractivity contribution < 1.29 is 0 Å². The molecule has 0 amide bonds. The van der Waals surface area contributed by atoms with Crippen molar-refractivity contribution >= 4 is 0 Å². The van der Waals surface area contributed by atoms with Crippen LogP contribution >= 0.6 is 0 Å². The van der Waals surface area contributed by atoms with Crippen molar-refractivity contribution in [3.05, 3.63) is 0 Å². The summed E-state index contributed by atoms with van der Waals surface area (Å²) in [6.45, 7) is 4.02. The molecule has 1 atom stereocenters. The smallest absolute Gasteiger partial charge is 0.0103 e. The van der Waals surface area contributed by atoms with E-state index in [1.54, 1.807) is 0 Å². The first-order valence-electron chi connectivity index (χ1n) is 3.96. The highest BCUT2D eigenvalue weighted by molar-refractivity contribution is 4.95. The lowest BCUT2D eigenvalue weighted by Crippen LogP contribution is -2.18. The van der Waals surface area contributed by atoms with E-state index >= 15 is 0 Å². The van der Waals surface area contributed by atoms with Gasteiger partial charge in [0.05, 0.1) is 0 Å². The molecule has 0 fully saturated rings. The van der Waals surface area contributed by atoms with Gasteiger partial charge in [0.1, 0.15) is 0 Å². The third-order valence-corrected chi connectivity index (χ3v) is 1.48. The van der Waals surface area contributed by atoms with Crippen LogP contribution in [0.2, 0.25) is 0 Å². The van der Waals surface area contributed by atoms with Gasteiger partial charge in [-0.3, -0.25) is 0 Å². The van der Waals surface area contributed by atoms with Crippen molar-refractivity contribution in [3.8, 4) is 11.8 Å². The van der Waals surface area contributed by atoms with Crippen molar-refractivity contribution in [2.24, 2.45) is 5.73 Å². The predicted octanol–water partition coefficient (Wildman–Crippen LogP) is 1.92. The van der Waals surface area contributed by atoms with Gasteiger partial charge in [0.15, 0.2) is 0 Å². The number of nitrogens with two attached hydrogens (primary N) is 1. The van der Waals surface area contributed by atoms with E-state index in [1.165, 1.54) is 6.42 Å². The van der Waals surface area contributed by atoms with Crippen LogP contribution in [-0.4, -0.2) is 6.04 Å². The Morgan fingerprint density at radius 2 is 2.10 bits per heavy atom. The maximum absolute atomic E-state index is 5.76. The molecule has 58 valence electrons. The second kappa shape index (κ2) is 6.64. The lowest BCUT2D eigenvalue weighted by atomic mass is 10.1. The van der Waals surface area contributed by atoms with Crippen LogP contribution in [0.1, 0.15) is 39.5 Å². The molecule has 1 heteroatoms. The summed E-state index contributed by atoms with van der Waals surface area (Å²) in [4.78, 5) is 0. The molecule has 0 aromatic carbocycles. The molecule has 1 nitrogen and oxygen atoms in total. The summed E-state index contributed by atoms with van der Waals surface area (Å²) < 4.78 is 0. The molecule has 0 aromatic rings. The quantitative estimate of drug-likeness (QED) is 0.592. The SMILES string of the molecule is CC#CCCC(N)CCC. The van der Waals surface area contributed by atoms with Crippen LogP contribution < -0.4 is 5.73 Å². The van der Waals surface area contributed by atoms with Crippen LogP contribution in [0.25, 0.3) is 0 Å². The molecule has 0 spiro atoms. The van der Waals surface area contributed by atoms with Gasteiger partial charge >= 0.3 is 0 Å². The van der Waals surface area contributed by atoms with E-state index in [0.29, 0.717) is 6.04 Å². The van der Waals surface area contributed by atoms with Gasteiger partial charge < -0.3 is 5.73 Å². The molecule has 1 unspecified atom stereocenters. The van der Waals surface area contributed by atoms with Crippen LogP contribution in [0.15, 0.2) is 0 Å². The fraction of sp³-hybridized carbons (Fsp3) is 0.778. The van der Waals surface area contributed by atoms with Gasteiger partial charge in [-0.2, -0.15) is 0 Å². The van der Waals surface area contributed by atoms with E-state index < -0.39 is 0 Å². The third kappa shape index (κ3) is 5.65. The van der Waals surface area contributed by atoms with E-state index in [1.807, 2.05) is 6.92 Å². The molecule has 0 saturated carbocycles. The van der Waals surface area contributed by atoms with Crippen molar-refractivity contribution in [1.29, 1.82) is 0 Å². The minimum absolute atomic E-state index is 0.367. The molecule has 0 saturated heterocycles. The summed E-state index contributed by atoms with van der Waals surface area (Å²) in [6, 6.07) is 0.367. The van der Waals surface area contributed by atoms with Gasteiger partial charge in [0, 0.05) is 12.5 Å². The Bertz CT molecular complexity index is 118. The summed E-state index contributed by atoms with van der Waals surface area (Å²) in [5.41, 5.74) is 5.76. The molecular formula is C9H17N. The van der Waals surface area contributed by atoms with Gasteiger partial charge in [0.25, 0.3) is 0 Å². The van der Waals surface area contributed by atoms with Crippen molar-refractivity contribution in [2.45, 2.75) is 45.6 Å². The predicted molar refractivity (Wildman–Crippen MR) is 45.6 cm³/mol. The first kappa shape index (κ1) is 9.52. The molecular weight excluding hydrogens is 122 g/mol. The van der Waals surface area contributed by atoms with E-state index in [-0.39, 0.29) is 0 Å². The first-order valence-corrected chi connectivity index (χ1v) is 3.96. The zero-order chi connectivity index (χ0) is 7.82. The van der Waals surface area contributed by atoms with Crippen molar-refractivity contribution in [2.75, 3.05) is 0 Å². The third-order valence-electron chi connectivity index (χ3n) is 1.48. The normalized spacial score (nSPS) is 11.9. The first-order chi connectivity index (χ1) is 4.81. The summed E-state index contributed by atoms with van der Waals surface area (Å²) in [5, 5.41) is 0. The number of hydrogen-bond acceptors (Lipinski definition) is 1.